The van der Waals surface area contributed by atoms with E-state index < -0.39 is 0 Å². The van der Waals surface area contributed by atoms with Crippen LogP contribution in [0, 0.1) is 0 Å². The molecule has 2 aromatic carbocycles. The number of nitrogens with one attached hydrogen (secondary N) is 1. The highest BCUT2D eigenvalue weighted by molar-refractivity contribution is 9.10. The lowest BCUT2D eigenvalue weighted by Gasteiger charge is -2.14. The lowest BCUT2D eigenvalue weighted by molar-refractivity contribution is 0.207. The van der Waals surface area contributed by atoms with Gasteiger partial charge in [-0.2, -0.15) is 0 Å². The first-order chi connectivity index (χ1) is 11.2. The molecule has 0 aliphatic rings. The topological polar surface area (TPSA) is 39.7 Å². The van der Waals surface area contributed by atoms with E-state index in [0.29, 0.717) is 19.8 Å². The van der Waals surface area contributed by atoms with Crippen LogP contribution in [0.4, 0.5) is 0 Å². The minimum absolute atomic E-state index is 0.457. The molecular weight excluding hydrogens is 358 g/mol. The smallest absolute Gasteiger partial charge is 0.161 e. The maximum Gasteiger partial charge on any atom is 0.161 e. The first-order valence-electron chi connectivity index (χ1n) is 7.65. The Hall–Kier alpha value is -1.72. The summed E-state index contributed by atoms with van der Waals surface area (Å²) in [5, 5.41) is 3.14. The summed E-state index contributed by atoms with van der Waals surface area (Å²) >= 11 is 3.48. The van der Waals surface area contributed by atoms with Gasteiger partial charge in [-0.05, 0) is 44.3 Å². The summed E-state index contributed by atoms with van der Waals surface area (Å²) in [6, 6.07) is 13.6. The van der Waals surface area contributed by atoms with Crippen molar-refractivity contribution in [3.63, 3.8) is 0 Å². The zero-order valence-corrected chi connectivity index (χ0v) is 15.1. The quantitative estimate of drug-likeness (QED) is 0.667. The predicted molar refractivity (Wildman–Crippen MR) is 95.5 cm³/mol. The van der Waals surface area contributed by atoms with Crippen LogP contribution in [0.5, 0.6) is 17.2 Å². The normalized spacial score (nSPS) is 10.4. The zero-order chi connectivity index (χ0) is 16.5. The Morgan fingerprint density at radius 2 is 1.57 bits per heavy atom. The lowest BCUT2D eigenvalue weighted by atomic mass is 10.2. The van der Waals surface area contributed by atoms with E-state index >= 15 is 0 Å². The molecule has 0 fully saturated rings. The van der Waals surface area contributed by atoms with Gasteiger partial charge in [0.25, 0.3) is 0 Å². The summed E-state index contributed by atoms with van der Waals surface area (Å²) in [6.07, 6.45) is 0. The molecule has 0 radical (unpaired) electrons. The van der Waals surface area contributed by atoms with Crippen LogP contribution in [0.15, 0.2) is 46.9 Å². The third kappa shape index (κ3) is 5.44. The Balaban J connectivity index is 1.88. The second-order valence-electron chi connectivity index (χ2n) is 4.86. The van der Waals surface area contributed by atoms with Crippen molar-refractivity contribution < 1.29 is 14.2 Å². The Bertz CT molecular complexity index is 619. The summed E-state index contributed by atoms with van der Waals surface area (Å²) in [5.74, 6) is 2.36. The molecule has 0 heterocycles. The molecule has 124 valence electrons. The van der Waals surface area contributed by atoms with E-state index in [0.717, 1.165) is 33.8 Å². The molecule has 0 aromatic heterocycles. The number of halogens is 1. The second kappa shape index (κ2) is 9.43. The molecule has 0 saturated heterocycles. The zero-order valence-electron chi connectivity index (χ0n) is 13.5. The number of benzene rings is 2. The fraction of sp³-hybridized carbons (Fsp3) is 0.333. The molecule has 2 aromatic rings. The minimum atomic E-state index is 0.457. The van der Waals surface area contributed by atoms with Crippen LogP contribution >= 0.6 is 15.9 Å². The monoisotopic (exact) mass is 379 g/mol. The standard InChI is InChI=1S/C18H22BrNO3/c1-3-21-17-6-4-5-7-18(17)23-11-10-22-16-9-8-15(19)12-14(16)13-20-2/h4-9,12,20H,3,10-11,13H2,1-2H3. The molecular formula is C18H22BrNO3. The molecule has 0 saturated carbocycles. The number of rotatable bonds is 9. The lowest BCUT2D eigenvalue weighted by Crippen LogP contribution is -2.12. The van der Waals surface area contributed by atoms with Crippen molar-refractivity contribution in [1.29, 1.82) is 0 Å². The van der Waals surface area contributed by atoms with E-state index in [4.69, 9.17) is 14.2 Å². The molecule has 0 unspecified atom stereocenters. The maximum absolute atomic E-state index is 5.84. The summed E-state index contributed by atoms with van der Waals surface area (Å²) in [7, 11) is 1.92. The largest absolute Gasteiger partial charge is 0.490 e. The SMILES string of the molecule is CCOc1ccccc1OCCOc1ccc(Br)cc1CNC. The maximum atomic E-state index is 5.84. The van der Waals surface area contributed by atoms with Gasteiger partial charge in [0.2, 0.25) is 0 Å². The van der Waals surface area contributed by atoms with E-state index in [2.05, 4.69) is 27.3 Å². The molecule has 5 heteroatoms. The number of hydrogen-bond donors (Lipinski definition) is 1. The summed E-state index contributed by atoms with van der Waals surface area (Å²) in [6.45, 7) is 4.25. The third-order valence-corrected chi connectivity index (χ3v) is 3.63. The van der Waals surface area contributed by atoms with Crippen molar-refractivity contribution in [2.24, 2.45) is 0 Å². The Kier molecular flexibility index (Phi) is 7.23. The van der Waals surface area contributed by atoms with Crippen LogP contribution in [0.25, 0.3) is 0 Å². The fourth-order valence-corrected chi connectivity index (χ4v) is 2.57. The fourth-order valence-electron chi connectivity index (χ4n) is 2.16. The van der Waals surface area contributed by atoms with Crippen LogP contribution < -0.4 is 19.5 Å². The average molecular weight is 380 g/mol. The van der Waals surface area contributed by atoms with E-state index in [-0.39, 0.29) is 0 Å². The first kappa shape index (κ1) is 17.6. The van der Waals surface area contributed by atoms with E-state index in [1.807, 2.05) is 50.4 Å². The van der Waals surface area contributed by atoms with Gasteiger partial charge in [-0.25, -0.2) is 0 Å². The highest BCUT2D eigenvalue weighted by Gasteiger charge is 2.06. The summed E-state index contributed by atoms with van der Waals surface area (Å²) in [5.41, 5.74) is 1.11. The van der Waals surface area contributed by atoms with Gasteiger partial charge in [0.1, 0.15) is 19.0 Å². The molecule has 0 spiro atoms. The van der Waals surface area contributed by atoms with Crippen molar-refractivity contribution in [3.8, 4) is 17.2 Å². The van der Waals surface area contributed by atoms with Gasteiger partial charge in [-0.15, -0.1) is 0 Å². The Morgan fingerprint density at radius 1 is 0.913 bits per heavy atom. The van der Waals surface area contributed by atoms with Gasteiger partial charge in [0.05, 0.1) is 6.61 Å². The van der Waals surface area contributed by atoms with Crippen LogP contribution in [-0.2, 0) is 6.54 Å². The molecule has 1 N–H and O–H groups in total. The Labute approximate surface area is 145 Å². The van der Waals surface area contributed by atoms with Gasteiger partial charge < -0.3 is 19.5 Å². The predicted octanol–water partition coefficient (Wildman–Crippen LogP) is 4.03. The number of para-hydroxylation sites is 2. The molecule has 23 heavy (non-hydrogen) atoms. The molecule has 0 aliphatic carbocycles. The van der Waals surface area contributed by atoms with Gasteiger partial charge in [0.15, 0.2) is 11.5 Å². The van der Waals surface area contributed by atoms with Crippen LogP contribution in [0.3, 0.4) is 0 Å². The van der Waals surface area contributed by atoms with Crippen molar-refractivity contribution in [2.75, 3.05) is 26.9 Å². The highest BCUT2D eigenvalue weighted by Crippen LogP contribution is 2.26. The van der Waals surface area contributed by atoms with E-state index in [1.54, 1.807) is 0 Å². The Morgan fingerprint density at radius 3 is 2.22 bits per heavy atom. The van der Waals surface area contributed by atoms with E-state index in [1.165, 1.54) is 0 Å². The minimum Gasteiger partial charge on any atom is -0.490 e. The molecule has 0 aliphatic heterocycles. The van der Waals surface area contributed by atoms with Crippen molar-refractivity contribution in [1.82, 2.24) is 5.32 Å². The van der Waals surface area contributed by atoms with Crippen molar-refractivity contribution in [3.05, 3.63) is 52.5 Å². The first-order valence-corrected chi connectivity index (χ1v) is 8.44. The average Bonchev–Trinajstić information content (AvgIpc) is 2.55. The highest BCUT2D eigenvalue weighted by atomic mass is 79.9. The van der Waals surface area contributed by atoms with E-state index in [9.17, 15) is 0 Å². The molecule has 0 amide bonds. The van der Waals surface area contributed by atoms with Gasteiger partial charge in [0, 0.05) is 16.6 Å². The van der Waals surface area contributed by atoms with Gasteiger partial charge >= 0.3 is 0 Å². The molecule has 4 nitrogen and oxygen atoms in total. The van der Waals surface area contributed by atoms with Crippen LogP contribution in [-0.4, -0.2) is 26.9 Å². The molecule has 0 bridgehead atoms. The summed E-state index contributed by atoms with van der Waals surface area (Å²) in [4.78, 5) is 0. The number of ether oxygens (including phenoxy) is 3. The second-order valence-corrected chi connectivity index (χ2v) is 5.77. The van der Waals surface area contributed by atoms with Crippen molar-refractivity contribution >= 4 is 15.9 Å². The molecule has 0 atom stereocenters. The van der Waals surface area contributed by atoms with Crippen LogP contribution in [0.2, 0.25) is 0 Å². The van der Waals surface area contributed by atoms with Gasteiger partial charge in [-0.3, -0.25) is 0 Å². The van der Waals surface area contributed by atoms with Gasteiger partial charge in [-0.1, -0.05) is 28.1 Å². The van der Waals surface area contributed by atoms with Crippen LogP contribution in [0.1, 0.15) is 12.5 Å². The summed E-state index contributed by atoms with van der Waals surface area (Å²) < 4.78 is 18.2. The third-order valence-electron chi connectivity index (χ3n) is 3.14. The number of hydrogen-bond acceptors (Lipinski definition) is 4. The van der Waals surface area contributed by atoms with Crippen molar-refractivity contribution in [2.45, 2.75) is 13.5 Å². The molecule has 2 rings (SSSR count).